The van der Waals surface area contributed by atoms with Gasteiger partial charge in [-0.3, -0.25) is 9.59 Å². The Hall–Kier alpha value is -4.98. The van der Waals surface area contributed by atoms with E-state index in [9.17, 15) is 14.0 Å². The number of carbonyl (C=O) groups excluding carboxylic acids is 2. The Morgan fingerprint density at radius 2 is 0.907 bits per heavy atom. The molecule has 0 atom stereocenters. The molecule has 2 amide bonds. The largest absolute Gasteiger partial charge is 0.494 e. The maximum Gasteiger partial charge on any atom is 0.223 e. The van der Waals surface area contributed by atoms with Crippen molar-refractivity contribution in [3.8, 4) is 33.8 Å². The first kappa shape index (κ1) is 43.4. The lowest BCUT2D eigenvalue weighted by atomic mass is 9.99. The van der Waals surface area contributed by atoms with Gasteiger partial charge in [0.15, 0.2) is 11.6 Å². The number of unbranched alkanes of at least 4 members (excludes halogenated alkanes) is 8. The first-order valence-corrected chi connectivity index (χ1v) is 19.3. The molecule has 0 heterocycles. The fourth-order valence-electron chi connectivity index (χ4n) is 6.14. The number of carbonyl (C=O) groups is 2. The van der Waals surface area contributed by atoms with Crippen LogP contribution >= 0.6 is 0 Å². The van der Waals surface area contributed by atoms with Crippen LogP contribution in [0.2, 0.25) is 0 Å². The second-order valence-electron chi connectivity index (χ2n) is 13.3. The molecule has 0 bridgehead atoms. The molecule has 6 nitrogen and oxygen atoms in total. The highest BCUT2D eigenvalue weighted by Gasteiger charge is 2.16. The van der Waals surface area contributed by atoms with Crippen molar-refractivity contribution >= 4 is 11.8 Å². The number of nitrogens with zero attached hydrogens (tertiary/aromatic N) is 2. The van der Waals surface area contributed by atoms with Crippen LogP contribution in [0.4, 0.5) is 8.78 Å². The fraction of sp³-hybridized carbons (Fsp3) is 0.391. The lowest BCUT2D eigenvalue weighted by Gasteiger charge is -2.19. The molecular formula is C46H58F2N2O4. The van der Waals surface area contributed by atoms with Gasteiger partial charge < -0.3 is 19.3 Å². The lowest BCUT2D eigenvalue weighted by molar-refractivity contribution is -0.131. The van der Waals surface area contributed by atoms with E-state index in [1.165, 1.54) is 6.07 Å². The summed E-state index contributed by atoms with van der Waals surface area (Å²) in [6.45, 7) is 17.9. The molecule has 0 radical (unpaired) electrons. The van der Waals surface area contributed by atoms with E-state index in [0.29, 0.717) is 57.6 Å². The van der Waals surface area contributed by atoms with E-state index in [1.54, 1.807) is 52.3 Å². The second kappa shape index (κ2) is 25.1. The predicted octanol–water partition coefficient (Wildman–Crippen LogP) is 11.1. The molecule has 0 unspecified atom stereocenters. The van der Waals surface area contributed by atoms with Crippen molar-refractivity contribution in [2.45, 2.75) is 77.0 Å². The first-order chi connectivity index (χ1) is 26.3. The Balaban J connectivity index is 1.35. The molecule has 0 fully saturated rings. The van der Waals surface area contributed by atoms with Crippen molar-refractivity contribution < 1.29 is 27.8 Å². The molecule has 3 rings (SSSR count). The van der Waals surface area contributed by atoms with Gasteiger partial charge in [-0.2, -0.15) is 4.39 Å². The van der Waals surface area contributed by atoms with Crippen LogP contribution in [0, 0.1) is 11.6 Å². The number of halogens is 2. The van der Waals surface area contributed by atoms with Gasteiger partial charge in [-0.05, 0) is 66.6 Å². The number of hydrogen-bond acceptors (Lipinski definition) is 4. The summed E-state index contributed by atoms with van der Waals surface area (Å²) in [5, 5.41) is 0. The molecule has 3 aromatic rings. The summed E-state index contributed by atoms with van der Waals surface area (Å²) in [5.74, 6) is -0.974. The van der Waals surface area contributed by atoms with Crippen LogP contribution in [-0.2, 0) is 9.59 Å². The fourth-order valence-corrected chi connectivity index (χ4v) is 6.14. The second-order valence-corrected chi connectivity index (χ2v) is 13.3. The van der Waals surface area contributed by atoms with E-state index in [2.05, 4.69) is 26.3 Å². The Bertz CT molecular complexity index is 1600. The molecular weight excluding hydrogens is 683 g/mol. The zero-order chi connectivity index (χ0) is 39.0. The van der Waals surface area contributed by atoms with E-state index in [-0.39, 0.29) is 29.7 Å². The monoisotopic (exact) mass is 740 g/mol. The molecule has 290 valence electrons. The topological polar surface area (TPSA) is 59.1 Å². The Kier molecular flexibility index (Phi) is 20.2. The van der Waals surface area contributed by atoms with Crippen molar-refractivity contribution in [1.82, 2.24) is 9.80 Å². The molecule has 0 aliphatic carbocycles. The Labute approximate surface area is 321 Å². The molecule has 0 N–H and O–H groups in total. The van der Waals surface area contributed by atoms with Crippen molar-refractivity contribution in [1.29, 1.82) is 0 Å². The summed E-state index contributed by atoms with van der Waals surface area (Å²) >= 11 is 0. The zero-order valence-electron chi connectivity index (χ0n) is 31.9. The van der Waals surface area contributed by atoms with Gasteiger partial charge in [0.2, 0.25) is 17.6 Å². The highest BCUT2D eigenvalue weighted by Crippen LogP contribution is 2.32. The molecule has 0 saturated carbocycles. The number of rotatable bonds is 28. The van der Waals surface area contributed by atoms with Gasteiger partial charge in [-0.15, -0.1) is 26.3 Å². The summed E-state index contributed by atoms with van der Waals surface area (Å²) in [6, 6.07) is 18.3. The highest BCUT2D eigenvalue weighted by atomic mass is 19.2. The number of benzene rings is 3. The summed E-state index contributed by atoms with van der Waals surface area (Å²) in [6.07, 6.45) is 17.1. The number of amides is 2. The van der Waals surface area contributed by atoms with Crippen molar-refractivity contribution in [2.24, 2.45) is 0 Å². The summed E-state index contributed by atoms with van der Waals surface area (Å²) in [7, 11) is 0. The minimum atomic E-state index is -0.989. The van der Waals surface area contributed by atoms with Gasteiger partial charge in [-0.1, -0.05) is 99.2 Å². The smallest absolute Gasteiger partial charge is 0.223 e. The highest BCUT2D eigenvalue weighted by molar-refractivity contribution is 5.77. The van der Waals surface area contributed by atoms with E-state index in [4.69, 9.17) is 9.47 Å². The first-order valence-electron chi connectivity index (χ1n) is 19.3. The van der Waals surface area contributed by atoms with Gasteiger partial charge in [0.05, 0.1) is 13.2 Å². The number of ether oxygens (including phenoxy) is 2. The van der Waals surface area contributed by atoms with Gasteiger partial charge in [0.25, 0.3) is 0 Å². The molecule has 0 aromatic heterocycles. The molecule has 0 saturated heterocycles. The van der Waals surface area contributed by atoms with E-state index in [1.807, 2.05) is 36.4 Å². The predicted molar refractivity (Wildman–Crippen MR) is 218 cm³/mol. The Morgan fingerprint density at radius 3 is 1.39 bits per heavy atom. The summed E-state index contributed by atoms with van der Waals surface area (Å²) in [4.78, 5) is 28.1. The van der Waals surface area contributed by atoms with Gasteiger partial charge >= 0.3 is 0 Å². The van der Waals surface area contributed by atoms with E-state index in [0.717, 1.165) is 74.7 Å². The maximum atomic E-state index is 15.1. The Morgan fingerprint density at radius 1 is 0.500 bits per heavy atom. The van der Waals surface area contributed by atoms with Crippen LogP contribution in [0.1, 0.15) is 77.0 Å². The van der Waals surface area contributed by atoms with Gasteiger partial charge in [0.1, 0.15) is 5.75 Å². The van der Waals surface area contributed by atoms with Crippen LogP contribution in [0.25, 0.3) is 22.3 Å². The van der Waals surface area contributed by atoms with Crippen molar-refractivity contribution in [3.63, 3.8) is 0 Å². The van der Waals surface area contributed by atoms with Crippen LogP contribution in [0.3, 0.4) is 0 Å². The van der Waals surface area contributed by atoms with Crippen molar-refractivity contribution in [3.05, 3.63) is 123 Å². The van der Waals surface area contributed by atoms with Gasteiger partial charge in [-0.25, -0.2) is 4.39 Å². The molecule has 0 aliphatic rings. The molecule has 0 spiro atoms. The zero-order valence-corrected chi connectivity index (χ0v) is 31.9. The third-order valence-electron chi connectivity index (χ3n) is 9.13. The molecule has 3 aromatic carbocycles. The maximum absolute atomic E-state index is 15.1. The average Bonchev–Trinajstić information content (AvgIpc) is 3.18. The van der Waals surface area contributed by atoms with E-state index >= 15 is 4.39 Å². The van der Waals surface area contributed by atoms with Crippen LogP contribution in [-0.4, -0.2) is 61.0 Å². The normalized spacial score (nSPS) is 10.7. The quantitative estimate of drug-likeness (QED) is 0.0549. The summed E-state index contributed by atoms with van der Waals surface area (Å²) < 4.78 is 41.6. The SMILES string of the molecule is C=CCN(CC=C)C(=O)CCCCCCCOc1ccc(-c2ccc(-c3ccc(OCCCCCCCC(=O)N(CC=C)CC=C)c(F)c3F)cc2)cc1. The average molecular weight is 741 g/mol. The molecule has 8 heteroatoms. The third kappa shape index (κ3) is 14.8. The summed E-state index contributed by atoms with van der Waals surface area (Å²) in [5.41, 5.74) is 2.70. The van der Waals surface area contributed by atoms with Crippen LogP contribution in [0.15, 0.2) is 111 Å². The standard InChI is InChI=1S/C46H58F2N2O4/c1-5-31-49(32-6-2)43(51)19-15-11-9-13-17-35-53-40-27-25-38(26-28-40)37-21-23-39(24-22-37)41-29-30-42(46(48)45(41)47)54-36-18-14-10-12-16-20-44(52)50(33-7-3)34-8-4/h5-8,21-30H,1-4,9-20,31-36H2. The molecule has 0 aliphatic heterocycles. The minimum Gasteiger partial charge on any atom is -0.494 e. The lowest BCUT2D eigenvalue weighted by Crippen LogP contribution is -2.30. The molecule has 54 heavy (non-hydrogen) atoms. The van der Waals surface area contributed by atoms with Crippen molar-refractivity contribution in [2.75, 3.05) is 39.4 Å². The van der Waals surface area contributed by atoms with Crippen LogP contribution in [0.5, 0.6) is 11.5 Å². The van der Waals surface area contributed by atoms with Crippen LogP contribution < -0.4 is 9.47 Å². The van der Waals surface area contributed by atoms with Gasteiger partial charge in [0, 0.05) is 44.6 Å². The third-order valence-corrected chi connectivity index (χ3v) is 9.13. The van der Waals surface area contributed by atoms with E-state index < -0.39 is 11.6 Å². The minimum absolute atomic E-state index is 0.0928. The number of hydrogen-bond donors (Lipinski definition) is 0.